The van der Waals surface area contributed by atoms with Gasteiger partial charge in [0.2, 0.25) is 5.91 Å². The number of hydrogen-bond acceptors (Lipinski definition) is 4. The molecule has 0 saturated carbocycles. The lowest BCUT2D eigenvalue weighted by Crippen LogP contribution is -2.56. The summed E-state index contributed by atoms with van der Waals surface area (Å²) in [7, 11) is 3.81. The van der Waals surface area contributed by atoms with Crippen molar-refractivity contribution in [3.05, 3.63) is 35.4 Å². The van der Waals surface area contributed by atoms with Gasteiger partial charge in [-0.2, -0.15) is 0 Å². The maximum atomic E-state index is 13.0. The predicted octanol–water partition coefficient (Wildman–Crippen LogP) is 0.667. The van der Waals surface area contributed by atoms with E-state index in [2.05, 4.69) is 11.9 Å². The van der Waals surface area contributed by atoms with Crippen molar-refractivity contribution in [2.75, 3.05) is 46.9 Å². The summed E-state index contributed by atoms with van der Waals surface area (Å²) >= 11 is 0. The molecule has 2 amide bonds. The van der Waals surface area contributed by atoms with Crippen LogP contribution in [0.1, 0.15) is 17.2 Å². The molecule has 0 radical (unpaired) electrons. The molecule has 0 aromatic heterocycles. The van der Waals surface area contributed by atoms with E-state index < -0.39 is 6.10 Å². The van der Waals surface area contributed by atoms with Crippen molar-refractivity contribution in [3.63, 3.8) is 0 Å². The lowest BCUT2D eigenvalue weighted by atomic mass is 9.96. The lowest BCUT2D eigenvalue weighted by molar-refractivity contribution is -0.168. The maximum absolute atomic E-state index is 13.0. The Labute approximate surface area is 143 Å². The van der Waals surface area contributed by atoms with Crippen LogP contribution in [-0.2, 0) is 14.3 Å². The van der Waals surface area contributed by atoms with Crippen LogP contribution < -0.4 is 0 Å². The van der Waals surface area contributed by atoms with Gasteiger partial charge in [-0.25, -0.2) is 0 Å². The molecular weight excluding hydrogens is 306 g/mol. The average molecular weight is 331 g/mol. The van der Waals surface area contributed by atoms with E-state index >= 15 is 0 Å². The number of benzene rings is 1. The first-order valence-corrected chi connectivity index (χ1v) is 8.38. The number of rotatable bonds is 2. The molecule has 2 atom stereocenters. The summed E-state index contributed by atoms with van der Waals surface area (Å²) in [5, 5.41) is 0. The minimum Gasteiger partial charge on any atom is -0.356 e. The van der Waals surface area contributed by atoms with Crippen LogP contribution in [0.3, 0.4) is 0 Å². The predicted molar refractivity (Wildman–Crippen MR) is 90.5 cm³/mol. The average Bonchev–Trinajstić information content (AvgIpc) is 2.58. The number of nitrogens with zero attached hydrogens (tertiary/aromatic N) is 3. The third kappa shape index (κ3) is 3.30. The summed E-state index contributed by atoms with van der Waals surface area (Å²) in [6.07, 6.45) is -0.640. The van der Waals surface area contributed by atoms with Gasteiger partial charge in [-0.05, 0) is 19.5 Å². The molecule has 130 valence electrons. The molecule has 1 aromatic rings. The smallest absolute Gasteiger partial charge is 0.254 e. The molecule has 1 aromatic carbocycles. The number of carbonyl (C=O) groups is 2. The van der Waals surface area contributed by atoms with Gasteiger partial charge >= 0.3 is 0 Å². The van der Waals surface area contributed by atoms with Crippen LogP contribution in [0.2, 0.25) is 0 Å². The van der Waals surface area contributed by atoms with Crippen molar-refractivity contribution in [1.82, 2.24) is 14.7 Å². The van der Waals surface area contributed by atoms with Crippen LogP contribution in [-0.4, -0.2) is 79.5 Å². The van der Waals surface area contributed by atoms with Gasteiger partial charge < -0.3 is 19.4 Å². The molecule has 2 fully saturated rings. The van der Waals surface area contributed by atoms with Gasteiger partial charge in [-0.15, -0.1) is 0 Å². The maximum Gasteiger partial charge on any atom is 0.254 e. The highest BCUT2D eigenvalue weighted by molar-refractivity contribution is 5.86. The van der Waals surface area contributed by atoms with Gasteiger partial charge in [-0.1, -0.05) is 29.8 Å². The Hall–Kier alpha value is -1.92. The monoisotopic (exact) mass is 331 g/mol. The van der Waals surface area contributed by atoms with Crippen LogP contribution in [0, 0.1) is 6.92 Å². The van der Waals surface area contributed by atoms with Crippen LogP contribution in [0.4, 0.5) is 0 Å². The first-order valence-electron chi connectivity index (χ1n) is 8.38. The highest BCUT2D eigenvalue weighted by Crippen LogP contribution is 2.30. The first-order chi connectivity index (χ1) is 11.5. The van der Waals surface area contributed by atoms with Crippen molar-refractivity contribution in [2.45, 2.75) is 19.1 Å². The molecule has 2 aliphatic heterocycles. The largest absolute Gasteiger partial charge is 0.356 e. The Morgan fingerprint density at radius 2 is 1.71 bits per heavy atom. The summed E-state index contributed by atoms with van der Waals surface area (Å²) < 4.78 is 5.70. The quantitative estimate of drug-likeness (QED) is 0.799. The van der Waals surface area contributed by atoms with Crippen LogP contribution in [0.25, 0.3) is 0 Å². The van der Waals surface area contributed by atoms with Crippen LogP contribution in [0.15, 0.2) is 24.3 Å². The molecule has 2 heterocycles. The van der Waals surface area contributed by atoms with Crippen molar-refractivity contribution in [1.29, 1.82) is 0 Å². The molecule has 24 heavy (non-hydrogen) atoms. The zero-order valence-corrected chi connectivity index (χ0v) is 14.6. The summed E-state index contributed by atoms with van der Waals surface area (Å²) in [5.74, 6) is -0.115. The van der Waals surface area contributed by atoms with Gasteiger partial charge in [0.1, 0.15) is 6.61 Å². The Morgan fingerprint density at radius 1 is 1.08 bits per heavy atom. The molecule has 0 aliphatic carbocycles. The number of aryl methyl sites for hydroxylation is 1. The summed E-state index contributed by atoms with van der Waals surface area (Å²) in [6.45, 7) is 5.11. The van der Waals surface area contributed by atoms with Crippen molar-refractivity contribution in [2.24, 2.45) is 0 Å². The first kappa shape index (κ1) is 16.9. The topological polar surface area (TPSA) is 53.1 Å². The molecule has 0 spiro atoms. The zero-order chi connectivity index (χ0) is 17.3. The van der Waals surface area contributed by atoms with Gasteiger partial charge in [0.25, 0.3) is 5.91 Å². The fourth-order valence-electron chi connectivity index (χ4n) is 3.29. The minimum atomic E-state index is -0.640. The molecule has 3 rings (SSSR count). The Bertz CT molecular complexity index is 608. The highest BCUT2D eigenvalue weighted by Gasteiger charge is 2.42. The third-order valence-electron chi connectivity index (χ3n) is 4.96. The number of amides is 2. The second kappa shape index (κ2) is 6.91. The SMILES string of the molecule is Cc1ccc([C@@H]2[C@@H](C(=O)N3CCN(C)CC3)OCC(=O)N2C)cc1. The van der Waals surface area contributed by atoms with Crippen LogP contribution in [0.5, 0.6) is 0 Å². The summed E-state index contributed by atoms with van der Waals surface area (Å²) in [5.41, 5.74) is 2.08. The Balaban J connectivity index is 1.84. The van der Waals surface area contributed by atoms with E-state index in [9.17, 15) is 9.59 Å². The van der Waals surface area contributed by atoms with Crippen LogP contribution >= 0.6 is 0 Å². The zero-order valence-electron chi connectivity index (χ0n) is 14.6. The second-order valence-corrected chi connectivity index (χ2v) is 6.72. The summed E-state index contributed by atoms with van der Waals surface area (Å²) in [4.78, 5) is 30.8. The van der Waals surface area contributed by atoms with Crippen molar-refractivity contribution >= 4 is 11.8 Å². The molecule has 2 aliphatic rings. The number of piperazine rings is 1. The second-order valence-electron chi connectivity index (χ2n) is 6.72. The molecule has 0 unspecified atom stereocenters. The fraction of sp³-hybridized carbons (Fsp3) is 0.556. The summed E-state index contributed by atoms with van der Waals surface area (Å²) in [6, 6.07) is 7.57. The standard InChI is InChI=1S/C18H25N3O3/c1-13-4-6-14(7-5-13)16-17(24-12-15(22)20(16)3)18(23)21-10-8-19(2)9-11-21/h4-7,16-17H,8-12H2,1-3H3/t16-,17+/m1/s1. The van der Waals surface area contributed by atoms with E-state index in [0.29, 0.717) is 13.1 Å². The Morgan fingerprint density at radius 3 is 2.33 bits per heavy atom. The normalized spacial score (nSPS) is 25.9. The molecule has 0 N–H and O–H groups in total. The van der Waals surface area contributed by atoms with E-state index in [0.717, 1.165) is 24.2 Å². The fourth-order valence-corrected chi connectivity index (χ4v) is 3.29. The number of morpholine rings is 1. The van der Waals surface area contributed by atoms with Crippen molar-refractivity contribution in [3.8, 4) is 0 Å². The third-order valence-corrected chi connectivity index (χ3v) is 4.96. The van der Waals surface area contributed by atoms with E-state index in [1.165, 1.54) is 0 Å². The van der Waals surface area contributed by atoms with Gasteiger partial charge in [-0.3, -0.25) is 9.59 Å². The number of likely N-dealkylation sites (N-methyl/N-ethyl adjacent to an activating group) is 2. The Kier molecular flexibility index (Phi) is 4.87. The van der Waals surface area contributed by atoms with E-state index in [1.54, 1.807) is 11.9 Å². The molecular formula is C18H25N3O3. The van der Waals surface area contributed by atoms with Gasteiger partial charge in [0.15, 0.2) is 6.10 Å². The molecule has 2 saturated heterocycles. The molecule has 0 bridgehead atoms. The highest BCUT2D eigenvalue weighted by atomic mass is 16.5. The number of hydrogen-bond donors (Lipinski definition) is 0. The van der Waals surface area contributed by atoms with Gasteiger partial charge in [0, 0.05) is 33.2 Å². The molecule has 6 nitrogen and oxygen atoms in total. The van der Waals surface area contributed by atoms with E-state index in [-0.39, 0.29) is 24.5 Å². The van der Waals surface area contributed by atoms with Gasteiger partial charge in [0.05, 0.1) is 6.04 Å². The van der Waals surface area contributed by atoms with E-state index in [1.807, 2.05) is 36.1 Å². The van der Waals surface area contributed by atoms with Crippen molar-refractivity contribution < 1.29 is 14.3 Å². The van der Waals surface area contributed by atoms with E-state index in [4.69, 9.17) is 4.74 Å². The minimum absolute atomic E-state index is 0.0203. The number of carbonyl (C=O) groups excluding carboxylic acids is 2. The lowest BCUT2D eigenvalue weighted by Gasteiger charge is -2.41. The molecule has 6 heteroatoms. The number of ether oxygens (including phenoxy) is 1.